The van der Waals surface area contributed by atoms with Gasteiger partial charge in [-0.15, -0.1) is 0 Å². The van der Waals surface area contributed by atoms with Crippen LogP contribution in [0.5, 0.6) is 5.75 Å². The third-order valence-electron chi connectivity index (χ3n) is 6.07. The molecule has 0 amide bonds. The standard InChI is InChI=1S/C13H15NO.C12H12N2O2.CH4O/c1-8-5-13-12(10(3)9(8)2)6-11(15-4)7-14-13;1-7-4-12-11(9(3)8(7)2)5-10(6-13-12)14(15)16;1-2/h5-7H,1-4H3;4-6H,1-3H3;2H,1H3. The zero-order valence-corrected chi connectivity index (χ0v) is 20.5. The van der Waals surface area contributed by atoms with Crippen LogP contribution in [0.25, 0.3) is 21.8 Å². The molecule has 0 fully saturated rings. The molecule has 2 aromatic carbocycles. The van der Waals surface area contributed by atoms with Crippen LogP contribution in [-0.4, -0.2) is 34.2 Å². The highest BCUT2D eigenvalue weighted by molar-refractivity contribution is 5.86. The molecule has 0 unspecified atom stereocenters. The third-order valence-corrected chi connectivity index (χ3v) is 6.07. The topological polar surface area (TPSA) is 98.4 Å². The highest BCUT2D eigenvalue weighted by Crippen LogP contribution is 2.27. The van der Waals surface area contributed by atoms with Crippen molar-refractivity contribution < 1.29 is 14.8 Å². The molecule has 2 aromatic heterocycles. The molecule has 174 valence electrons. The van der Waals surface area contributed by atoms with Gasteiger partial charge in [0, 0.05) is 23.9 Å². The lowest BCUT2D eigenvalue weighted by atomic mass is 9.99. The summed E-state index contributed by atoms with van der Waals surface area (Å²) in [6, 6.07) is 7.71. The molecule has 0 aliphatic rings. The van der Waals surface area contributed by atoms with Gasteiger partial charge in [-0.25, -0.2) is 4.98 Å². The minimum atomic E-state index is -0.416. The molecule has 7 nitrogen and oxygen atoms in total. The van der Waals surface area contributed by atoms with Gasteiger partial charge < -0.3 is 9.84 Å². The lowest BCUT2D eigenvalue weighted by molar-refractivity contribution is -0.385. The van der Waals surface area contributed by atoms with E-state index in [-0.39, 0.29) is 5.69 Å². The molecule has 0 bridgehead atoms. The Bertz CT molecular complexity index is 1320. The second kappa shape index (κ2) is 10.8. The molecule has 0 radical (unpaired) electrons. The highest BCUT2D eigenvalue weighted by atomic mass is 16.6. The summed E-state index contributed by atoms with van der Waals surface area (Å²) < 4.78 is 5.18. The van der Waals surface area contributed by atoms with Gasteiger partial charge in [0.05, 0.1) is 29.3 Å². The number of aliphatic hydroxyl groups excluding tert-OH is 1. The van der Waals surface area contributed by atoms with Crippen LogP contribution in [0.4, 0.5) is 5.69 Å². The maximum atomic E-state index is 10.7. The Balaban J connectivity index is 0.000000218. The molecule has 0 spiro atoms. The number of nitro groups is 1. The minimum absolute atomic E-state index is 0.0406. The number of ether oxygens (including phenoxy) is 1. The fourth-order valence-electron chi connectivity index (χ4n) is 3.58. The van der Waals surface area contributed by atoms with Crippen molar-refractivity contribution in [3.63, 3.8) is 0 Å². The summed E-state index contributed by atoms with van der Waals surface area (Å²) in [7, 11) is 2.67. The largest absolute Gasteiger partial charge is 0.495 e. The Morgan fingerprint density at radius 2 is 1.21 bits per heavy atom. The summed E-state index contributed by atoms with van der Waals surface area (Å²) in [5.41, 5.74) is 9.18. The second-order valence-electron chi connectivity index (χ2n) is 7.85. The highest BCUT2D eigenvalue weighted by Gasteiger charge is 2.11. The first-order chi connectivity index (χ1) is 15.6. The monoisotopic (exact) mass is 449 g/mol. The molecule has 1 N–H and O–H groups in total. The minimum Gasteiger partial charge on any atom is -0.495 e. The van der Waals surface area contributed by atoms with Crippen LogP contribution >= 0.6 is 0 Å². The average Bonchev–Trinajstić information content (AvgIpc) is 2.82. The SMILES string of the molecule is CO.COc1cnc2cc(C)c(C)c(C)c2c1.Cc1cc2ncc([N+](=O)[O-])cc2c(C)c1C. The number of benzene rings is 2. The number of aliphatic hydroxyl groups is 1. The Hall–Kier alpha value is -3.58. The van der Waals surface area contributed by atoms with E-state index in [2.05, 4.69) is 36.8 Å². The summed E-state index contributed by atoms with van der Waals surface area (Å²) in [4.78, 5) is 18.8. The molecule has 0 saturated carbocycles. The van der Waals surface area contributed by atoms with Gasteiger partial charge in [-0.2, -0.15) is 0 Å². The fraction of sp³-hybridized carbons (Fsp3) is 0.308. The molecule has 2 heterocycles. The quantitative estimate of drug-likeness (QED) is 0.305. The van der Waals surface area contributed by atoms with E-state index in [9.17, 15) is 10.1 Å². The van der Waals surface area contributed by atoms with E-state index in [1.54, 1.807) is 19.4 Å². The van der Waals surface area contributed by atoms with Crippen molar-refractivity contribution in [2.75, 3.05) is 14.2 Å². The molecule has 33 heavy (non-hydrogen) atoms. The van der Waals surface area contributed by atoms with Crippen molar-refractivity contribution >= 4 is 27.5 Å². The van der Waals surface area contributed by atoms with Gasteiger partial charge in [-0.05, 0) is 93.1 Å². The molecule has 0 aliphatic carbocycles. The normalized spacial score (nSPS) is 10.2. The maximum absolute atomic E-state index is 10.7. The number of fused-ring (bicyclic) bond motifs is 2. The zero-order chi connectivity index (χ0) is 24.9. The van der Waals surface area contributed by atoms with E-state index < -0.39 is 4.92 Å². The first-order valence-corrected chi connectivity index (χ1v) is 10.5. The lowest BCUT2D eigenvalue weighted by Crippen LogP contribution is -1.94. The number of aromatic nitrogens is 2. The number of hydrogen-bond acceptors (Lipinski definition) is 6. The van der Waals surface area contributed by atoms with Gasteiger partial charge in [-0.3, -0.25) is 15.1 Å². The zero-order valence-electron chi connectivity index (χ0n) is 20.5. The molecular weight excluding hydrogens is 418 g/mol. The van der Waals surface area contributed by atoms with Crippen LogP contribution in [0.3, 0.4) is 0 Å². The van der Waals surface area contributed by atoms with Crippen molar-refractivity contribution in [3.8, 4) is 5.75 Å². The molecule has 7 heteroatoms. The smallest absolute Gasteiger partial charge is 0.288 e. The summed E-state index contributed by atoms with van der Waals surface area (Å²) in [6.07, 6.45) is 3.06. The molecule has 0 aliphatic heterocycles. The fourth-order valence-corrected chi connectivity index (χ4v) is 3.58. The predicted octanol–water partition coefficient (Wildman–Crippen LogP) is 5.85. The number of aryl methyl sites for hydroxylation is 4. The van der Waals surface area contributed by atoms with E-state index in [0.29, 0.717) is 0 Å². The number of hydrogen-bond donors (Lipinski definition) is 1. The van der Waals surface area contributed by atoms with Crippen molar-refractivity contribution in [2.24, 2.45) is 0 Å². The van der Waals surface area contributed by atoms with Gasteiger partial charge in [0.15, 0.2) is 0 Å². The van der Waals surface area contributed by atoms with Crippen molar-refractivity contribution in [1.82, 2.24) is 9.97 Å². The van der Waals surface area contributed by atoms with E-state index in [1.165, 1.54) is 28.3 Å². The van der Waals surface area contributed by atoms with Crippen LogP contribution < -0.4 is 4.74 Å². The first kappa shape index (κ1) is 25.7. The molecule has 4 rings (SSSR count). The Kier molecular flexibility index (Phi) is 8.43. The van der Waals surface area contributed by atoms with Gasteiger partial charge in [-0.1, -0.05) is 0 Å². The average molecular weight is 450 g/mol. The van der Waals surface area contributed by atoms with Crippen LogP contribution in [0.2, 0.25) is 0 Å². The van der Waals surface area contributed by atoms with E-state index >= 15 is 0 Å². The van der Waals surface area contributed by atoms with Gasteiger partial charge >= 0.3 is 0 Å². The number of methoxy groups -OCH3 is 1. The van der Waals surface area contributed by atoms with Crippen LogP contribution in [-0.2, 0) is 0 Å². The molecule has 0 atom stereocenters. The lowest BCUT2D eigenvalue weighted by Gasteiger charge is -2.09. The summed E-state index contributed by atoms with van der Waals surface area (Å²) >= 11 is 0. The van der Waals surface area contributed by atoms with Gasteiger partial charge in [0.2, 0.25) is 0 Å². The van der Waals surface area contributed by atoms with Crippen LogP contribution in [0.1, 0.15) is 33.4 Å². The number of pyridine rings is 2. The molecule has 4 aromatic rings. The Morgan fingerprint density at radius 3 is 1.67 bits per heavy atom. The van der Waals surface area contributed by atoms with Crippen molar-refractivity contribution in [2.45, 2.75) is 41.5 Å². The Morgan fingerprint density at radius 1 is 0.758 bits per heavy atom. The summed E-state index contributed by atoms with van der Waals surface area (Å²) in [5.74, 6) is 0.814. The number of nitrogens with zero attached hydrogens (tertiary/aromatic N) is 3. The van der Waals surface area contributed by atoms with Crippen molar-refractivity contribution in [3.05, 3.63) is 80.2 Å². The van der Waals surface area contributed by atoms with E-state index in [0.717, 1.165) is 46.0 Å². The van der Waals surface area contributed by atoms with Gasteiger partial charge in [0.25, 0.3) is 5.69 Å². The first-order valence-electron chi connectivity index (χ1n) is 10.5. The number of rotatable bonds is 2. The summed E-state index contributed by atoms with van der Waals surface area (Å²) in [5, 5.41) is 19.7. The molecule has 0 saturated heterocycles. The van der Waals surface area contributed by atoms with Crippen LogP contribution in [0.15, 0.2) is 36.7 Å². The van der Waals surface area contributed by atoms with E-state index in [4.69, 9.17) is 9.84 Å². The van der Waals surface area contributed by atoms with Crippen molar-refractivity contribution in [1.29, 1.82) is 0 Å². The van der Waals surface area contributed by atoms with Crippen LogP contribution in [0, 0.1) is 51.7 Å². The second-order valence-corrected chi connectivity index (χ2v) is 7.85. The maximum Gasteiger partial charge on any atom is 0.288 e. The summed E-state index contributed by atoms with van der Waals surface area (Å²) in [6.45, 7) is 12.4. The predicted molar refractivity (Wildman–Crippen MR) is 133 cm³/mol. The van der Waals surface area contributed by atoms with E-state index in [1.807, 2.05) is 32.9 Å². The third kappa shape index (κ3) is 5.43. The molecular formula is C26H31N3O4. The Labute approximate surface area is 194 Å². The van der Waals surface area contributed by atoms with Gasteiger partial charge in [0.1, 0.15) is 11.9 Å².